The van der Waals surface area contributed by atoms with Crippen LogP contribution in [-0.4, -0.2) is 46.7 Å². The second-order valence-electron chi connectivity index (χ2n) is 5.63. The van der Waals surface area contributed by atoms with Crippen LogP contribution in [0.4, 0.5) is 4.79 Å². The molecule has 4 nitrogen and oxygen atoms in total. The summed E-state index contributed by atoms with van der Waals surface area (Å²) in [6.45, 7) is 3.43. The predicted molar refractivity (Wildman–Crippen MR) is 80.9 cm³/mol. The van der Waals surface area contributed by atoms with Crippen LogP contribution in [0.2, 0.25) is 0 Å². The number of hydrogen-bond donors (Lipinski definition) is 1. The highest BCUT2D eigenvalue weighted by atomic mass is 79.9. The number of nitrogens with zero attached hydrogens (tertiary/aromatic N) is 2. The molecular formula is C15H19BrN2O2. The van der Waals surface area contributed by atoms with E-state index in [0.29, 0.717) is 19.1 Å². The zero-order valence-electron chi connectivity index (χ0n) is 11.4. The van der Waals surface area contributed by atoms with E-state index in [1.54, 1.807) is 0 Å². The molecule has 108 valence electrons. The molecule has 2 aliphatic heterocycles. The molecule has 20 heavy (non-hydrogen) atoms. The van der Waals surface area contributed by atoms with Gasteiger partial charge >= 0.3 is 6.09 Å². The molecule has 1 amide bonds. The number of amides is 1. The lowest BCUT2D eigenvalue weighted by Gasteiger charge is -2.40. The number of hydrogen-bond acceptors (Lipinski definition) is 2. The van der Waals surface area contributed by atoms with Crippen molar-refractivity contribution in [1.82, 2.24) is 9.80 Å². The molecule has 2 aliphatic rings. The SMILES string of the molecule is O=C(O)N1CCC(N2CCc3cc(Br)ccc3C2)CC1. The predicted octanol–water partition coefficient (Wildman–Crippen LogP) is 2.95. The first kappa shape index (κ1) is 13.9. The van der Waals surface area contributed by atoms with Gasteiger partial charge in [-0.2, -0.15) is 0 Å². The van der Waals surface area contributed by atoms with Crippen molar-refractivity contribution in [3.8, 4) is 0 Å². The number of rotatable bonds is 1. The van der Waals surface area contributed by atoms with Crippen LogP contribution in [0.3, 0.4) is 0 Å². The number of carboxylic acid groups (broad SMARTS) is 1. The molecule has 0 atom stereocenters. The van der Waals surface area contributed by atoms with Gasteiger partial charge in [-0.3, -0.25) is 4.90 Å². The maximum absolute atomic E-state index is 10.9. The molecule has 0 aromatic heterocycles. The molecule has 5 heteroatoms. The van der Waals surface area contributed by atoms with E-state index in [9.17, 15) is 4.79 Å². The number of carbonyl (C=O) groups is 1. The summed E-state index contributed by atoms with van der Waals surface area (Å²) in [6, 6.07) is 7.06. The average Bonchev–Trinajstić information content (AvgIpc) is 2.47. The number of piperidine rings is 1. The van der Waals surface area contributed by atoms with Gasteiger partial charge in [-0.25, -0.2) is 4.79 Å². The summed E-state index contributed by atoms with van der Waals surface area (Å²) in [6.07, 6.45) is 2.22. The highest BCUT2D eigenvalue weighted by molar-refractivity contribution is 9.10. The van der Waals surface area contributed by atoms with Gasteiger partial charge in [-0.05, 0) is 42.5 Å². The number of fused-ring (bicyclic) bond motifs is 1. The van der Waals surface area contributed by atoms with E-state index >= 15 is 0 Å². The summed E-state index contributed by atoms with van der Waals surface area (Å²) in [5.41, 5.74) is 2.86. The van der Waals surface area contributed by atoms with Crippen molar-refractivity contribution < 1.29 is 9.90 Å². The van der Waals surface area contributed by atoms with Gasteiger partial charge in [0, 0.05) is 36.7 Å². The van der Waals surface area contributed by atoms with Crippen molar-refractivity contribution in [3.63, 3.8) is 0 Å². The molecule has 1 N–H and O–H groups in total. The first-order valence-electron chi connectivity index (χ1n) is 7.13. The normalized spacial score (nSPS) is 20.8. The molecule has 0 unspecified atom stereocenters. The van der Waals surface area contributed by atoms with Gasteiger partial charge in [-0.1, -0.05) is 22.0 Å². The Hall–Kier alpha value is -1.07. The summed E-state index contributed by atoms with van der Waals surface area (Å²) in [5, 5.41) is 9.00. The van der Waals surface area contributed by atoms with Crippen molar-refractivity contribution in [3.05, 3.63) is 33.8 Å². The van der Waals surface area contributed by atoms with E-state index in [4.69, 9.17) is 5.11 Å². The summed E-state index contributed by atoms with van der Waals surface area (Å²) < 4.78 is 1.15. The molecule has 0 radical (unpaired) electrons. The fourth-order valence-corrected chi connectivity index (χ4v) is 3.69. The second kappa shape index (κ2) is 5.74. The van der Waals surface area contributed by atoms with Crippen LogP contribution in [0.5, 0.6) is 0 Å². The zero-order valence-corrected chi connectivity index (χ0v) is 13.0. The van der Waals surface area contributed by atoms with Crippen molar-refractivity contribution in [2.24, 2.45) is 0 Å². The van der Waals surface area contributed by atoms with Gasteiger partial charge in [0.2, 0.25) is 0 Å². The van der Waals surface area contributed by atoms with Gasteiger partial charge in [0.1, 0.15) is 0 Å². The Balaban J connectivity index is 1.63. The Bertz CT molecular complexity index is 513. The number of halogens is 1. The van der Waals surface area contributed by atoms with Crippen molar-refractivity contribution in [1.29, 1.82) is 0 Å². The van der Waals surface area contributed by atoms with Crippen molar-refractivity contribution in [2.45, 2.75) is 31.8 Å². The van der Waals surface area contributed by atoms with E-state index in [2.05, 4.69) is 39.0 Å². The second-order valence-corrected chi connectivity index (χ2v) is 6.55. The quantitative estimate of drug-likeness (QED) is 0.856. The van der Waals surface area contributed by atoms with Crippen LogP contribution in [0, 0.1) is 0 Å². The molecule has 0 saturated carbocycles. The fourth-order valence-electron chi connectivity index (χ4n) is 3.28. The number of benzene rings is 1. The molecule has 0 spiro atoms. The Labute approximate surface area is 127 Å². The van der Waals surface area contributed by atoms with E-state index in [-0.39, 0.29) is 0 Å². The van der Waals surface area contributed by atoms with Crippen LogP contribution in [-0.2, 0) is 13.0 Å². The lowest BCUT2D eigenvalue weighted by atomic mass is 9.95. The van der Waals surface area contributed by atoms with E-state index in [1.165, 1.54) is 16.0 Å². The molecule has 1 fully saturated rings. The highest BCUT2D eigenvalue weighted by Crippen LogP contribution is 2.26. The van der Waals surface area contributed by atoms with Gasteiger partial charge in [0.25, 0.3) is 0 Å². The van der Waals surface area contributed by atoms with Crippen molar-refractivity contribution in [2.75, 3.05) is 19.6 Å². The van der Waals surface area contributed by atoms with Gasteiger partial charge in [0.05, 0.1) is 0 Å². The topological polar surface area (TPSA) is 43.8 Å². The third-order valence-electron chi connectivity index (χ3n) is 4.46. The largest absolute Gasteiger partial charge is 0.465 e. The number of likely N-dealkylation sites (tertiary alicyclic amines) is 1. The summed E-state index contributed by atoms with van der Waals surface area (Å²) in [5.74, 6) is 0. The lowest BCUT2D eigenvalue weighted by molar-refractivity contribution is 0.0885. The first-order chi connectivity index (χ1) is 9.63. The van der Waals surface area contributed by atoms with Crippen molar-refractivity contribution >= 4 is 22.0 Å². The van der Waals surface area contributed by atoms with Crippen LogP contribution >= 0.6 is 15.9 Å². The summed E-state index contributed by atoms with van der Waals surface area (Å²) in [4.78, 5) is 15.0. The Kier molecular flexibility index (Phi) is 3.98. The Morgan fingerprint density at radius 3 is 2.65 bits per heavy atom. The summed E-state index contributed by atoms with van der Waals surface area (Å²) in [7, 11) is 0. The van der Waals surface area contributed by atoms with Gasteiger partial charge < -0.3 is 10.0 Å². The fraction of sp³-hybridized carbons (Fsp3) is 0.533. The molecule has 0 aliphatic carbocycles. The minimum Gasteiger partial charge on any atom is -0.465 e. The highest BCUT2D eigenvalue weighted by Gasteiger charge is 2.28. The average molecular weight is 339 g/mol. The maximum Gasteiger partial charge on any atom is 0.407 e. The lowest BCUT2D eigenvalue weighted by Crippen LogP contribution is -2.47. The van der Waals surface area contributed by atoms with Crippen LogP contribution < -0.4 is 0 Å². The smallest absolute Gasteiger partial charge is 0.407 e. The standard InChI is InChI=1S/C15H19BrN2O2/c16-13-2-1-12-10-18(6-3-11(12)9-13)14-4-7-17(8-5-14)15(19)20/h1-2,9,14H,3-8,10H2,(H,19,20). The van der Waals surface area contributed by atoms with Crippen LogP contribution in [0.1, 0.15) is 24.0 Å². The summed E-state index contributed by atoms with van der Waals surface area (Å²) >= 11 is 3.53. The molecule has 1 saturated heterocycles. The van der Waals surface area contributed by atoms with Crippen LogP contribution in [0.15, 0.2) is 22.7 Å². The molecular weight excluding hydrogens is 320 g/mol. The van der Waals surface area contributed by atoms with Crippen LogP contribution in [0.25, 0.3) is 0 Å². The molecule has 1 aromatic rings. The van der Waals surface area contributed by atoms with E-state index in [1.807, 2.05) is 0 Å². The Morgan fingerprint density at radius 1 is 1.20 bits per heavy atom. The monoisotopic (exact) mass is 338 g/mol. The molecule has 1 aromatic carbocycles. The third kappa shape index (κ3) is 2.83. The van der Waals surface area contributed by atoms with E-state index in [0.717, 1.165) is 36.8 Å². The zero-order chi connectivity index (χ0) is 14.1. The minimum absolute atomic E-state index is 0.530. The molecule has 0 bridgehead atoms. The van der Waals surface area contributed by atoms with Gasteiger partial charge in [0.15, 0.2) is 0 Å². The first-order valence-corrected chi connectivity index (χ1v) is 7.92. The van der Waals surface area contributed by atoms with Gasteiger partial charge in [-0.15, -0.1) is 0 Å². The Morgan fingerprint density at radius 2 is 1.95 bits per heavy atom. The minimum atomic E-state index is -0.780. The van der Waals surface area contributed by atoms with E-state index < -0.39 is 6.09 Å². The molecule has 2 heterocycles. The molecule has 3 rings (SSSR count). The third-order valence-corrected chi connectivity index (χ3v) is 4.95. The maximum atomic E-state index is 10.9.